The van der Waals surface area contributed by atoms with Crippen molar-refractivity contribution < 1.29 is 73.1 Å². The molecule has 0 saturated heterocycles. The third kappa shape index (κ3) is 2.47. The molecule has 0 unspecified atom stereocenters. The number of halogens is 4. The molecule has 1 heterocycles. The van der Waals surface area contributed by atoms with Gasteiger partial charge < -0.3 is 17.4 Å². The molecule has 0 aliphatic heterocycles. The molecule has 1 nitrogen and oxygen atoms in total. The summed E-state index contributed by atoms with van der Waals surface area (Å²) in [6.45, 7) is -5.13. The van der Waals surface area contributed by atoms with Crippen molar-refractivity contribution in [1.29, 1.82) is 0 Å². The van der Waals surface area contributed by atoms with E-state index in [0.29, 0.717) is 0 Å². The Hall–Kier alpha value is 0.181. The Kier molecular flexibility index (Phi) is 4.05. The largest absolute Gasteiger partial charge is 1.00 e. The fraction of sp³-hybridized carbons (Fsp3) is 0. The van der Waals surface area contributed by atoms with Crippen LogP contribution in [0.25, 0.3) is 11.0 Å². The average Bonchev–Trinajstić information content (AvgIpc) is 2.50. The van der Waals surface area contributed by atoms with E-state index >= 15 is 0 Å². The Morgan fingerprint density at radius 3 is 2.33 bits per heavy atom. The molecule has 0 fully saturated rings. The number of rotatable bonds is 1. The molecule has 7 heteroatoms. The third-order valence-corrected chi connectivity index (χ3v) is 1.96. The molecule has 0 bridgehead atoms. The Morgan fingerprint density at radius 1 is 1.07 bits per heavy atom. The van der Waals surface area contributed by atoms with E-state index in [1.165, 1.54) is 0 Å². The van der Waals surface area contributed by atoms with Crippen LogP contribution in [0.4, 0.5) is 17.3 Å². The van der Waals surface area contributed by atoms with Gasteiger partial charge in [0, 0.05) is 0 Å². The second-order valence-corrected chi connectivity index (χ2v) is 2.87. The van der Waals surface area contributed by atoms with E-state index in [4.69, 9.17) is 0 Å². The summed E-state index contributed by atoms with van der Waals surface area (Å²) in [7, 11) is 0. The van der Waals surface area contributed by atoms with Gasteiger partial charge in [0.15, 0.2) is 11.4 Å². The maximum absolute atomic E-state index is 12.9. The summed E-state index contributed by atoms with van der Waals surface area (Å²) < 4.78 is 54.8. The Balaban J connectivity index is 0.00000112. The van der Waals surface area contributed by atoms with Crippen LogP contribution in [0.5, 0.6) is 0 Å². The zero-order valence-electron chi connectivity index (χ0n) is 7.81. The molecule has 0 saturated carbocycles. The predicted molar refractivity (Wildman–Crippen MR) is 44.9 cm³/mol. The van der Waals surface area contributed by atoms with E-state index in [-0.39, 0.29) is 62.4 Å². The van der Waals surface area contributed by atoms with Gasteiger partial charge in [0.05, 0.1) is 6.26 Å². The third-order valence-electron chi connectivity index (χ3n) is 1.96. The van der Waals surface area contributed by atoms with Gasteiger partial charge in [-0.1, -0.05) is 11.5 Å². The maximum Gasteiger partial charge on any atom is 1.00 e. The van der Waals surface area contributed by atoms with E-state index in [1.807, 2.05) is 0 Å². The van der Waals surface area contributed by atoms with Gasteiger partial charge in [0.25, 0.3) is 0 Å². The second-order valence-electron chi connectivity index (χ2n) is 2.87. The van der Waals surface area contributed by atoms with Crippen LogP contribution < -0.4 is 56.8 Å². The Morgan fingerprint density at radius 2 is 1.73 bits per heavy atom. The Labute approximate surface area is 125 Å². The summed E-state index contributed by atoms with van der Waals surface area (Å²) in [6, 6.07) is 2.60. The minimum atomic E-state index is -5.13. The molecule has 2 aromatic rings. The van der Waals surface area contributed by atoms with Gasteiger partial charge in [0.1, 0.15) is 0 Å². The van der Waals surface area contributed by atoms with Crippen molar-refractivity contribution in [3.63, 3.8) is 0 Å². The first kappa shape index (κ1) is 13.2. The van der Waals surface area contributed by atoms with Crippen LogP contribution in [0.1, 0.15) is 0 Å². The van der Waals surface area contributed by atoms with Crippen molar-refractivity contribution in [2.75, 3.05) is 0 Å². The zero-order chi connectivity index (χ0) is 10.3. The number of fused-ring (bicyclic) bond motifs is 1. The van der Waals surface area contributed by atoms with Crippen LogP contribution in [-0.4, -0.2) is 6.98 Å². The topological polar surface area (TPSA) is 13.1 Å². The van der Waals surface area contributed by atoms with Gasteiger partial charge in [-0.15, -0.1) is 0 Å². The first-order chi connectivity index (χ1) is 6.50. The standard InChI is InChI=1S/C8H4BF4O.K/c10-7-2-1-6(9(11,12)13)5-3-4-14-8(5)7;/h1-4H;/q-1;+1. The Bertz CT molecular complexity index is 479. The summed E-state index contributed by atoms with van der Waals surface area (Å²) in [5, 5.41) is -0.225. The fourth-order valence-corrected chi connectivity index (χ4v) is 1.34. The van der Waals surface area contributed by atoms with Crippen LogP contribution in [0, 0.1) is 5.82 Å². The van der Waals surface area contributed by atoms with E-state index in [2.05, 4.69) is 4.42 Å². The molecular formula is C8H4BF4KO. The molecule has 1 aromatic heterocycles. The summed E-state index contributed by atoms with van der Waals surface area (Å²) in [4.78, 5) is 0. The van der Waals surface area contributed by atoms with Crippen LogP contribution in [0.15, 0.2) is 28.9 Å². The van der Waals surface area contributed by atoms with Crippen LogP contribution >= 0.6 is 0 Å². The number of hydrogen-bond acceptors (Lipinski definition) is 1. The maximum atomic E-state index is 12.9. The van der Waals surface area contributed by atoms with Gasteiger partial charge in [-0.05, 0) is 17.5 Å². The molecule has 15 heavy (non-hydrogen) atoms. The zero-order valence-corrected chi connectivity index (χ0v) is 10.9. The molecule has 0 spiro atoms. The van der Waals surface area contributed by atoms with E-state index in [9.17, 15) is 17.3 Å². The van der Waals surface area contributed by atoms with Crippen LogP contribution in [0.3, 0.4) is 0 Å². The van der Waals surface area contributed by atoms with Crippen molar-refractivity contribution >= 4 is 23.4 Å². The van der Waals surface area contributed by atoms with Crippen molar-refractivity contribution in [3.05, 3.63) is 30.3 Å². The van der Waals surface area contributed by atoms with Gasteiger partial charge in [-0.2, -0.15) is 0 Å². The van der Waals surface area contributed by atoms with Gasteiger partial charge in [-0.3, -0.25) is 0 Å². The molecule has 0 amide bonds. The van der Waals surface area contributed by atoms with E-state index in [1.54, 1.807) is 0 Å². The van der Waals surface area contributed by atoms with E-state index < -0.39 is 18.3 Å². The monoisotopic (exact) mass is 242 g/mol. The summed E-state index contributed by atoms with van der Waals surface area (Å²) in [5.74, 6) is -0.784. The number of furan rings is 1. The van der Waals surface area contributed by atoms with Gasteiger partial charge >= 0.3 is 58.4 Å². The van der Waals surface area contributed by atoms with E-state index in [0.717, 1.165) is 24.5 Å². The molecule has 0 radical (unpaired) electrons. The van der Waals surface area contributed by atoms with Crippen molar-refractivity contribution in [2.24, 2.45) is 0 Å². The van der Waals surface area contributed by atoms with Crippen molar-refractivity contribution in [2.45, 2.75) is 0 Å². The molecular weight excluding hydrogens is 238 g/mol. The van der Waals surface area contributed by atoms with Crippen LogP contribution in [-0.2, 0) is 0 Å². The SMILES string of the molecule is Fc1ccc([B-](F)(F)F)c2ccoc12.[K+]. The quantitative estimate of drug-likeness (QED) is 0.491. The first-order valence-electron chi connectivity index (χ1n) is 3.85. The predicted octanol–water partition coefficient (Wildman–Crippen LogP) is -0.370. The molecule has 0 atom stereocenters. The molecule has 74 valence electrons. The number of benzene rings is 1. The summed E-state index contributed by atoms with van der Waals surface area (Å²) in [6.07, 6.45) is 1.04. The van der Waals surface area contributed by atoms with Gasteiger partial charge in [-0.25, -0.2) is 4.39 Å². The first-order valence-corrected chi connectivity index (χ1v) is 3.85. The number of hydrogen-bond donors (Lipinski definition) is 0. The molecule has 0 aliphatic carbocycles. The molecule has 2 rings (SSSR count). The van der Waals surface area contributed by atoms with Crippen molar-refractivity contribution in [1.82, 2.24) is 0 Å². The fourth-order valence-electron chi connectivity index (χ4n) is 1.34. The smallest absolute Gasteiger partial charge is 0.461 e. The average molecular weight is 242 g/mol. The molecule has 1 aromatic carbocycles. The van der Waals surface area contributed by atoms with Crippen molar-refractivity contribution in [3.8, 4) is 0 Å². The minimum absolute atomic E-state index is 0. The summed E-state index contributed by atoms with van der Waals surface area (Å²) >= 11 is 0. The molecule has 0 aliphatic rings. The normalized spacial score (nSPS) is 11.5. The van der Waals surface area contributed by atoms with Gasteiger partial charge in [0.2, 0.25) is 0 Å². The minimum Gasteiger partial charge on any atom is -0.461 e. The summed E-state index contributed by atoms with van der Waals surface area (Å²) in [5.41, 5.74) is -1.17. The second kappa shape index (κ2) is 4.59. The molecule has 0 N–H and O–H groups in total. The van der Waals surface area contributed by atoms with Crippen LogP contribution in [0.2, 0.25) is 0 Å².